The highest BCUT2D eigenvalue weighted by molar-refractivity contribution is 5.11. The molecule has 0 radical (unpaired) electrons. The van der Waals surface area contributed by atoms with Crippen molar-refractivity contribution in [1.82, 2.24) is 0 Å². The van der Waals surface area contributed by atoms with Gasteiger partial charge < -0.3 is 0 Å². The van der Waals surface area contributed by atoms with Gasteiger partial charge in [0.05, 0.1) is 0 Å². The van der Waals surface area contributed by atoms with Gasteiger partial charge in [0.1, 0.15) is 0 Å². The molecule has 0 heteroatoms. The molecule has 0 nitrogen and oxygen atoms in total. The topological polar surface area (TPSA) is 0 Å². The van der Waals surface area contributed by atoms with E-state index >= 15 is 0 Å². The second kappa shape index (κ2) is 8.55. The highest BCUT2D eigenvalue weighted by atomic mass is 13.9. The first-order chi connectivity index (χ1) is 7.00. The van der Waals surface area contributed by atoms with Crippen LogP contribution in [0.2, 0.25) is 0 Å². The summed E-state index contributed by atoms with van der Waals surface area (Å²) in [6, 6.07) is 0. The largest absolute Gasteiger partial charge is 0.0882 e. The Labute approximate surface area is 87.7 Å². The fourth-order valence-corrected chi connectivity index (χ4v) is 1.45. The predicted molar refractivity (Wildman–Crippen MR) is 64.3 cm³/mol. The molecule has 0 saturated heterocycles. The molecule has 0 atom stereocenters. The van der Waals surface area contributed by atoms with Gasteiger partial charge in [-0.05, 0) is 32.1 Å². The zero-order chi connectivity index (χ0) is 9.90. The third-order valence-electron chi connectivity index (χ3n) is 2.29. The van der Waals surface area contributed by atoms with Crippen LogP contribution in [-0.2, 0) is 0 Å². The van der Waals surface area contributed by atoms with Crippen LogP contribution in [0.1, 0.15) is 38.5 Å². The van der Waals surface area contributed by atoms with Gasteiger partial charge in [0, 0.05) is 0 Å². The maximum Gasteiger partial charge on any atom is -0.0166 e. The molecule has 0 saturated carbocycles. The van der Waals surface area contributed by atoms with Crippen molar-refractivity contribution >= 4 is 0 Å². The van der Waals surface area contributed by atoms with Crippen molar-refractivity contribution in [3.05, 3.63) is 48.6 Å². The molecule has 0 aromatic heterocycles. The first kappa shape index (κ1) is 11.0. The lowest BCUT2D eigenvalue weighted by molar-refractivity contribution is 0.695. The molecule has 1 rings (SSSR count). The second-order valence-corrected chi connectivity index (χ2v) is 3.59. The van der Waals surface area contributed by atoms with E-state index in [-0.39, 0.29) is 0 Å². The molecule has 0 aromatic rings. The average Bonchev–Trinajstić information content (AvgIpc) is 2.22. The SMILES string of the molecule is C1=C\C/C=C\CCCCC\C=C/C=C/1. The van der Waals surface area contributed by atoms with Crippen molar-refractivity contribution in [2.24, 2.45) is 0 Å². The minimum Gasteiger partial charge on any atom is -0.0882 e. The molecule has 0 N–H and O–H groups in total. The van der Waals surface area contributed by atoms with E-state index < -0.39 is 0 Å². The van der Waals surface area contributed by atoms with Crippen molar-refractivity contribution in [1.29, 1.82) is 0 Å². The van der Waals surface area contributed by atoms with Crippen molar-refractivity contribution in [3.63, 3.8) is 0 Å². The molecule has 0 aromatic carbocycles. The summed E-state index contributed by atoms with van der Waals surface area (Å²) in [7, 11) is 0. The molecular formula is C14H20. The minimum atomic E-state index is 1.06. The summed E-state index contributed by atoms with van der Waals surface area (Å²) in [6.07, 6.45) is 25.0. The van der Waals surface area contributed by atoms with Crippen LogP contribution in [0, 0.1) is 0 Å². The Balaban J connectivity index is 2.36. The Morgan fingerprint density at radius 3 is 2.07 bits per heavy atom. The summed E-state index contributed by atoms with van der Waals surface area (Å²) in [5.41, 5.74) is 0. The van der Waals surface area contributed by atoms with E-state index in [2.05, 4.69) is 48.6 Å². The summed E-state index contributed by atoms with van der Waals surface area (Å²) in [5.74, 6) is 0. The zero-order valence-electron chi connectivity index (χ0n) is 8.86. The number of hydrogen-bond acceptors (Lipinski definition) is 0. The van der Waals surface area contributed by atoms with Gasteiger partial charge in [-0.3, -0.25) is 0 Å². The van der Waals surface area contributed by atoms with Crippen molar-refractivity contribution in [2.45, 2.75) is 38.5 Å². The van der Waals surface area contributed by atoms with E-state index in [1.165, 1.54) is 32.1 Å². The normalized spacial score (nSPS) is 28.6. The molecule has 0 unspecified atom stereocenters. The van der Waals surface area contributed by atoms with Crippen LogP contribution in [0.3, 0.4) is 0 Å². The number of allylic oxidation sites excluding steroid dienone is 8. The summed E-state index contributed by atoms with van der Waals surface area (Å²) in [5, 5.41) is 0. The van der Waals surface area contributed by atoms with Gasteiger partial charge in [-0.2, -0.15) is 0 Å². The van der Waals surface area contributed by atoms with Crippen LogP contribution in [0.5, 0.6) is 0 Å². The average molecular weight is 188 g/mol. The Morgan fingerprint density at radius 1 is 0.500 bits per heavy atom. The van der Waals surface area contributed by atoms with Crippen LogP contribution in [0.4, 0.5) is 0 Å². The monoisotopic (exact) mass is 188 g/mol. The van der Waals surface area contributed by atoms with Crippen molar-refractivity contribution < 1.29 is 0 Å². The first-order valence-electron chi connectivity index (χ1n) is 5.63. The molecule has 0 amide bonds. The van der Waals surface area contributed by atoms with E-state index in [0.29, 0.717) is 0 Å². The highest BCUT2D eigenvalue weighted by Gasteiger charge is 1.85. The van der Waals surface area contributed by atoms with Gasteiger partial charge in [0.25, 0.3) is 0 Å². The fraction of sp³-hybridized carbons (Fsp3) is 0.429. The van der Waals surface area contributed by atoms with Crippen LogP contribution in [-0.4, -0.2) is 0 Å². The minimum absolute atomic E-state index is 1.06. The van der Waals surface area contributed by atoms with E-state index in [0.717, 1.165) is 6.42 Å². The lowest BCUT2D eigenvalue weighted by Crippen LogP contribution is -1.75. The van der Waals surface area contributed by atoms with Crippen LogP contribution in [0.25, 0.3) is 0 Å². The molecule has 0 aliphatic heterocycles. The van der Waals surface area contributed by atoms with E-state index in [1.807, 2.05) is 0 Å². The number of rotatable bonds is 0. The van der Waals surface area contributed by atoms with Crippen molar-refractivity contribution in [3.8, 4) is 0 Å². The number of hydrogen-bond donors (Lipinski definition) is 0. The van der Waals surface area contributed by atoms with E-state index in [1.54, 1.807) is 0 Å². The third kappa shape index (κ3) is 6.47. The maximum atomic E-state index is 2.30. The van der Waals surface area contributed by atoms with E-state index in [9.17, 15) is 0 Å². The summed E-state index contributed by atoms with van der Waals surface area (Å²) in [4.78, 5) is 0. The van der Waals surface area contributed by atoms with Gasteiger partial charge in [0.2, 0.25) is 0 Å². The lowest BCUT2D eigenvalue weighted by Gasteiger charge is -1.95. The standard InChI is InChI=1S/C14H20/c1-2-4-6-8-10-12-14-13-11-9-7-5-3-1/h1-6,9,11H,7-8,10,12-14H2/b2-1+,5-3-,6-4-,11-9-. The van der Waals surface area contributed by atoms with Gasteiger partial charge in [-0.1, -0.05) is 55.0 Å². The summed E-state index contributed by atoms with van der Waals surface area (Å²) >= 11 is 0. The maximum absolute atomic E-state index is 2.30. The smallest absolute Gasteiger partial charge is 0.0166 e. The summed E-state index contributed by atoms with van der Waals surface area (Å²) < 4.78 is 0. The molecule has 0 bridgehead atoms. The molecule has 14 heavy (non-hydrogen) atoms. The zero-order valence-corrected chi connectivity index (χ0v) is 8.86. The second-order valence-electron chi connectivity index (χ2n) is 3.59. The third-order valence-corrected chi connectivity index (χ3v) is 2.29. The Morgan fingerprint density at radius 2 is 1.21 bits per heavy atom. The van der Waals surface area contributed by atoms with Gasteiger partial charge in [0.15, 0.2) is 0 Å². The molecular weight excluding hydrogens is 168 g/mol. The highest BCUT2D eigenvalue weighted by Crippen LogP contribution is 2.05. The van der Waals surface area contributed by atoms with Gasteiger partial charge in [-0.15, -0.1) is 0 Å². The molecule has 0 spiro atoms. The Bertz CT molecular complexity index is 228. The Hall–Kier alpha value is -1.04. The van der Waals surface area contributed by atoms with E-state index in [4.69, 9.17) is 0 Å². The first-order valence-corrected chi connectivity index (χ1v) is 5.63. The molecule has 1 aliphatic rings. The predicted octanol–water partition coefficient (Wildman–Crippen LogP) is 4.57. The van der Waals surface area contributed by atoms with Gasteiger partial charge >= 0.3 is 0 Å². The molecule has 0 heterocycles. The van der Waals surface area contributed by atoms with Gasteiger partial charge in [-0.25, -0.2) is 0 Å². The fourth-order valence-electron chi connectivity index (χ4n) is 1.45. The summed E-state index contributed by atoms with van der Waals surface area (Å²) in [6.45, 7) is 0. The molecule has 76 valence electrons. The van der Waals surface area contributed by atoms with Crippen molar-refractivity contribution in [2.75, 3.05) is 0 Å². The Kier molecular flexibility index (Phi) is 6.74. The van der Waals surface area contributed by atoms with Crippen LogP contribution >= 0.6 is 0 Å². The molecule has 0 fully saturated rings. The van der Waals surface area contributed by atoms with Crippen LogP contribution < -0.4 is 0 Å². The molecule has 1 aliphatic carbocycles. The van der Waals surface area contributed by atoms with Crippen LogP contribution in [0.15, 0.2) is 48.6 Å². The lowest BCUT2D eigenvalue weighted by atomic mass is 10.1. The quantitative estimate of drug-likeness (QED) is 0.489.